The average molecular weight is 338 g/mol. The van der Waals surface area contributed by atoms with Gasteiger partial charge in [-0.2, -0.15) is 13.2 Å². The summed E-state index contributed by atoms with van der Waals surface area (Å²) in [5.41, 5.74) is -0.485. The van der Waals surface area contributed by atoms with Crippen LogP contribution in [0.1, 0.15) is 12.5 Å². The van der Waals surface area contributed by atoms with E-state index in [0.29, 0.717) is 25.4 Å². The molecule has 24 heavy (non-hydrogen) atoms. The Morgan fingerprint density at radius 3 is 2.71 bits per heavy atom. The zero-order valence-electron chi connectivity index (χ0n) is 13.1. The summed E-state index contributed by atoms with van der Waals surface area (Å²) >= 11 is 0. The van der Waals surface area contributed by atoms with Crippen molar-refractivity contribution in [3.05, 3.63) is 52.3 Å². The number of anilines is 1. The molecule has 2 aromatic rings. The van der Waals surface area contributed by atoms with Crippen LogP contribution in [0.25, 0.3) is 11.3 Å². The van der Waals surface area contributed by atoms with Crippen LogP contribution in [-0.4, -0.2) is 30.8 Å². The van der Waals surface area contributed by atoms with Gasteiger partial charge >= 0.3 is 6.18 Å². The third-order valence-corrected chi connectivity index (χ3v) is 4.05. The minimum absolute atomic E-state index is 0.0372. The maximum atomic E-state index is 13.2. The van der Waals surface area contributed by atoms with Crippen molar-refractivity contribution in [1.82, 2.24) is 4.98 Å². The zero-order chi connectivity index (χ0) is 17.3. The molecule has 1 aromatic heterocycles. The van der Waals surface area contributed by atoms with E-state index in [9.17, 15) is 18.0 Å². The van der Waals surface area contributed by atoms with Gasteiger partial charge in [-0.05, 0) is 19.1 Å². The lowest BCUT2D eigenvalue weighted by Crippen LogP contribution is -2.44. The number of hydrogen-bond donors (Lipinski definition) is 1. The molecule has 0 aliphatic carbocycles. The number of nitrogens with zero attached hydrogens (tertiary/aromatic N) is 1. The second-order valence-electron chi connectivity index (χ2n) is 5.78. The molecule has 1 aromatic carbocycles. The number of rotatable bonds is 2. The number of ether oxygens (including phenoxy) is 1. The lowest BCUT2D eigenvalue weighted by Gasteiger charge is -2.35. The Morgan fingerprint density at radius 2 is 2.00 bits per heavy atom. The monoisotopic (exact) mass is 338 g/mol. The van der Waals surface area contributed by atoms with Crippen molar-refractivity contribution < 1.29 is 17.9 Å². The fourth-order valence-corrected chi connectivity index (χ4v) is 2.92. The van der Waals surface area contributed by atoms with Crippen LogP contribution in [0.15, 0.2) is 41.2 Å². The number of pyridine rings is 1. The Balaban J connectivity index is 2.09. The summed E-state index contributed by atoms with van der Waals surface area (Å²) in [4.78, 5) is 16.5. The molecule has 0 radical (unpaired) electrons. The average Bonchev–Trinajstić information content (AvgIpc) is 2.54. The Bertz CT molecular complexity index is 786. The fourth-order valence-electron chi connectivity index (χ4n) is 2.92. The van der Waals surface area contributed by atoms with E-state index in [-0.39, 0.29) is 17.3 Å². The van der Waals surface area contributed by atoms with Crippen molar-refractivity contribution >= 4 is 5.69 Å². The topological polar surface area (TPSA) is 45.3 Å². The van der Waals surface area contributed by atoms with Gasteiger partial charge in [-0.15, -0.1) is 0 Å². The lowest BCUT2D eigenvalue weighted by molar-refractivity contribution is -0.137. The largest absolute Gasteiger partial charge is 0.417 e. The highest BCUT2D eigenvalue weighted by Gasteiger charge is 2.33. The Labute approximate surface area is 136 Å². The van der Waals surface area contributed by atoms with Crippen molar-refractivity contribution in [2.75, 3.05) is 24.7 Å². The van der Waals surface area contributed by atoms with Crippen LogP contribution >= 0.6 is 0 Å². The highest BCUT2D eigenvalue weighted by atomic mass is 19.4. The molecule has 2 heterocycles. The van der Waals surface area contributed by atoms with Gasteiger partial charge < -0.3 is 14.6 Å². The van der Waals surface area contributed by atoms with Crippen molar-refractivity contribution in [2.45, 2.75) is 19.1 Å². The van der Waals surface area contributed by atoms with Crippen LogP contribution in [0.4, 0.5) is 18.9 Å². The van der Waals surface area contributed by atoms with Gasteiger partial charge in [0.15, 0.2) is 0 Å². The number of halogens is 3. The molecule has 1 saturated heterocycles. The van der Waals surface area contributed by atoms with Crippen LogP contribution < -0.4 is 10.5 Å². The molecule has 7 heteroatoms. The summed E-state index contributed by atoms with van der Waals surface area (Å²) < 4.78 is 45.1. The maximum Gasteiger partial charge on any atom is 0.417 e. The van der Waals surface area contributed by atoms with Gasteiger partial charge in [-0.3, -0.25) is 4.79 Å². The molecule has 3 rings (SSSR count). The van der Waals surface area contributed by atoms with Crippen LogP contribution in [0.3, 0.4) is 0 Å². The minimum atomic E-state index is -4.49. The molecule has 1 N–H and O–H groups in total. The standard InChI is InChI=1S/C17H17F3N2O2/c1-11-10-24-7-6-22(11)12-8-15(21-16(23)9-12)13-4-2-3-5-14(13)17(18,19)20/h2-5,8-9,11H,6-7,10H2,1H3,(H,21,23)/t11-/m0/s1. The second-order valence-corrected chi connectivity index (χ2v) is 5.78. The molecule has 1 aliphatic rings. The van der Waals surface area contributed by atoms with Gasteiger partial charge in [0.1, 0.15) is 0 Å². The van der Waals surface area contributed by atoms with Gasteiger partial charge in [0, 0.05) is 29.9 Å². The minimum Gasteiger partial charge on any atom is -0.377 e. The van der Waals surface area contributed by atoms with Crippen molar-refractivity contribution in [3.63, 3.8) is 0 Å². The number of morpholine rings is 1. The molecule has 0 spiro atoms. The SMILES string of the molecule is C[C@H]1COCCN1c1cc(-c2ccccc2C(F)(F)F)[nH]c(=O)c1. The number of aromatic nitrogens is 1. The quantitative estimate of drug-likeness (QED) is 0.914. The molecule has 0 amide bonds. The molecule has 128 valence electrons. The third-order valence-electron chi connectivity index (χ3n) is 4.05. The summed E-state index contributed by atoms with van der Waals surface area (Å²) in [6, 6.07) is 8.27. The smallest absolute Gasteiger partial charge is 0.377 e. The molecule has 0 saturated carbocycles. The Kier molecular flexibility index (Phi) is 4.36. The van der Waals surface area contributed by atoms with Crippen LogP contribution in [0.2, 0.25) is 0 Å². The molecule has 1 atom stereocenters. The summed E-state index contributed by atoms with van der Waals surface area (Å²) in [5, 5.41) is 0. The van der Waals surface area contributed by atoms with Gasteiger partial charge in [-0.1, -0.05) is 18.2 Å². The summed E-state index contributed by atoms with van der Waals surface area (Å²) in [5.74, 6) is 0. The van der Waals surface area contributed by atoms with E-state index >= 15 is 0 Å². The van der Waals surface area contributed by atoms with E-state index in [2.05, 4.69) is 4.98 Å². The molecule has 1 fully saturated rings. The first kappa shape index (κ1) is 16.6. The number of aromatic amines is 1. The molecule has 0 bridgehead atoms. The van der Waals surface area contributed by atoms with Gasteiger partial charge in [0.05, 0.1) is 24.5 Å². The van der Waals surface area contributed by atoms with Crippen LogP contribution in [0, 0.1) is 0 Å². The molecular formula is C17H17F3N2O2. The highest BCUT2D eigenvalue weighted by molar-refractivity contribution is 5.68. The second kappa shape index (κ2) is 6.32. The molecular weight excluding hydrogens is 321 g/mol. The van der Waals surface area contributed by atoms with Gasteiger partial charge in [0.2, 0.25) is 5.56 Å². The number of alkyl halides is 3. The predicted molar refractivity (Wildman–Crippen MR) is 85.1 cm³/mol. The first-order valence-electron chi connectivity index (χ1n) is 7.61. The zero-order valence-corrected chi connectivity index (χ0v) is 13.1. The Morgan fingerprint density at radius 1 is 1.25 bits per heavy atom. The third kappa shape index (κ3) is 3.31. The molecule has 0 unspecified atom stereocenters. The summed E-state index contributed by atoms with van der Waals surface area (Å²) in [7, 11) is 0. The lowest BCUT2D eigenvalue weighted by atomic mass is 10.0. The van der Waals surface area contributed by atoms with Gasteiger partial charge in [-0.25, -0.2) is 0 Å². The molecule has 1 aliphatic heterocycles. The van der Waals surface area contributed by atoms with E-state index in [1.165, 1.54) is 24.3 Å². The predicted octanol–water partition coefficient (Wildman–Crippen LogP) is 3.29. The maximum absolute atomic E-state index is 13.2. The van der Waals surface area contributed by atoms with E-state index in [0.717, 1.165) is 6.07 Å². The van der Waals surface area contributed by atoms with Crippen LogP contribution in [-0.2, 0) is 10.9 Å². The van der Waals surface area contributed by atoms with E-state index in [1.807, 2.05) is 11.8 Å². The van der Waals surface area contributed by atoms with Crippen molar-refractivity contribution in [3.8, 4) is 11.3 Å². The fraction of sp³-hybridized carbons (Fsp3) is 0.353. The van der Waals surface area contributed by atoms with E-state index in [1.54, 1.807) is 6.07 Å². The normalized spacial score (nSPS) is 18.7. The van der Waals surface area contributed by atoms with Crippen LogP contribution in [0.5, 0.6) is 0 Å². The van der Waals surface area contributed by atoms with E-state index < -0.39 is 17.3 Å². The van der Waals surface area contributed by atoms with Crippen molar-refractivity contribution in [2.24, 2.45) is 0 Å². The number of hydrogen-bond acceptors (Lipinski definition) is 3. The van der Waals surface area contributed by atoms with Gasteiger partial charge in [0.25, 0.3) is 0 Å². The number of benzene rings is 1. The Hall–Kier alpha value is -2.28. The highest BCUT2D eigenvalue weighted by Crippen LogP contribution is 2.36. The van der Waals surface area contributed by atoms with Crippen molar-refractivity contribution in [1.29, 1.82) is 0 Å². The first-order chi connectivity index (χ1) is 11.4. The molecule has 4 nitrogen and oxygen atoms in total. The van der Waals surface area contributed by atoms with E-state index in [4.69, 9.17) is 4.74 Å². The summed E-state index contributed by atoms with van der Waals surface area (Å²) in [6.07, 6.45) is -4.49. The first-order valence-corrected chi connectivity index (χ1v) is 7.61. The number of H-pyrrole nitrogens is 1. The number of nitrogens with one attached hydrogen (secondary N) is 1. The summed E-state index contributed by atoms with van der Waals surface area (Å²) in [6.45, 7) is 3.57.